The minimum Gasteiger partial charge on any atom is -0.394 e. The van der Waals surface area contributed by atoms with Crippen LogP contribution >= 0.6 is 0 Å². The molecule has 1 N–H and O–H groups in total. The molecule has 84 valence electrons. The van der Waals surface area contributed by atoms with Gasteiger partial charge in [-0.3, -0.25) is 0 Å². The number of hydrogen-bond acceptors (Lipinski definition) is 4. The molecular formula is C10H20O4. The molecule has 0 aromatic heterocycles. The fraction of sp³-hybridized carbons (Fsp3) is 1.00. The molecule has 0 amide bonds. The van der Waals surface area contributed by atoms with Crippen LogP contribution in [0.1, 0.15) is 13.3 Å². The normalized spacial score (nSPS) is 19.3. The van der Waals surface area contributed by atoms with Crippen LogP contribution in [-0.2, 0) is 14.2 Å². The molecule has 1 aliphatic rings. The molecule has 1 aliphatic heterocycles. The molecule has 1 heterocycles. The Morgan fingerprint density at radius 1 is 1.21 bits per heavy atom. The zero-order valence-electron chi connectivity index (χ0n) is 8.83. The first kappa shape index (κ1) is 11.9. The maximum absolute atomic E-state index is 8.45. The van der Waals surface area contributed by atoms with E-state index in [1.807, 2.05) is 0 Å². The first-order valence-electron chi connectivity index (χ1n) is 5.17. The van der Waals surface area contributed by atoms with Crippen LogP contribution in [0.4, 0.5) is 0 Å². The lowest BCUT2D eigenvalue weighted by atomic mass is 9.84. The lowest BCUT2D eigenvalue weighted by Crippen LogP contribution is -2.45. The van der Waals surface area contributed by atoms with Gasteiger partial charge in [0.1, 0.15) is 0 Å². The van der Waals surface area contributed by atoms with Gasteiger partial charge in [0, 0.05) is 5.41 Å². The van der Waals surface area contributed by atoms with Gasteiger partial charge in [0.25, 0.3) is 0 Å². The number of aliphatic hydroxyl groups excluding tert-OH is 1. The fourth-order valence-electron chi connectivity index (χ4n) is 1.35. The zero-order chi connectivity index (χ0) is 10.3. The number of aliphatic hydroxyl groups is 1. The summed E-state index contributed by atoms with van der Waals surface area (Å²) in [6.45, 7) is 6.18. The predicted octanol–water partition coefficient (Wildman–Crippen LogP) is 0.438. The molecule has 0 spiro atoms. The van der Waals surface area contributed by atoms with Crippen LogP contribution in [0.2, 0.25) is 0 Å². The van der Waals surface area contributed by atoms with Crippen molar-refractivity contribution in [3.8, 4) is 0 Å². The van der Waals surface area contributed by atoms with E-state index in [9.17, 15) is 0 Å². The molecule has 0 bridgehead atoms. The molecule has 1 rings (SSSR count). The van der Waals surface area contributed by atoms with E-state index in [4.69, 9.17) is 19.3 Å². The number of rotatable bonds is 8. The second-order valence-electron chi connectivity index (χ2n) is 3.73. The molecule has 4 nitrogen and oxygen atoms in total. The summed E-state index contributed by atoms with van der Waals surface area (Å²) in [6, 6.07) is 0. The molecule has 1 fully saturated rings. The Morgan fingerprint density at radius 2 is 1.93 bits per heavy atom. The molecule has 0 saturated carbocycles. The van der Waals surface area contributed by atoms with Crippen molar-refractivity contribution in [1.29, 1.82) is 0 Å². The minimum absolute atomic E-state index is 0.0761. The summed E-state index contributed by atoms with van der Waals surface area (Å²) in [7, 11) is 0. The molecule has 0 aliphatic carbocycles. The van der Waals surface area contributed by atoms with Crippen molar-refractivity contribution in [2.45, 2.75) is 13.3 Å². The van der Waals surface area contributed by atoms with E-state index in [0.29, 0.717) is 19.8 Å². The number of hydrogen-bond donors (Lipinski definition) is 1. The average Bonchev–Trinajstić information content (AvgIpc) is 2.15. The van der Waals surface area contributed by atoms with E-state index in [-0.39, 0.29) is 12.0 Å². The Labute approximate surface area is 85.2 Å². The summed E-state index contributed by atoms with van der Waals surface area (Å²) in [5.74, 6) is 0. The van der Waals surface area contributed by atoms with Gasteiger partial charge in [-0.1, -0.05) is 6.92 Å². The van der Waals surface area contributed by atoms with E-state index in [0.717, 1.165) is 26.2 Å². The fourth-order valence-corrected chi connectivity index (χ4v) is 1.35. The van der Waals surface area contributed by atoms with Gasteiger partial charge in [-0.05, 0) is 6.42 Å². The molecular weight excluding hydrogens is 184 g/mol. The van der Waals surface area contributed by atoms with Crippen LogP contribution in [-0.4, -0.2) is 51.4 Å². The summed E-state index contributed by atoms with van der Waals surface area (Å²) in [6.07, 6.45) is 1.10. The van der Waals surface area contributed by atoms with Crippen LogP contribution in [0, 0.1) is 5.41 Å². The molecule has 0 unspecified atom stereocenters. The van der Waals surface area contributed by atoms with Crippen LogP contribution in [0.15, 0.2) is 0 Å². The summed E-state index contributed by atoms with van der Waals surface area (Å²) in [4.78, 5) is 0. The van der Waals surface area contributed by atoms with E-state index in [2.05, 4.69) is 6.92 Å². The third kappa shape index (κ3) is 3.53. The second kappa shape index (κ2) is 6.35. The van der Waals surface area contributed by atoms with Gasteiger partial charge in [-0.25, -0.2) is 0 Å². The minimum atomic E-state index is 0.0761. The van der Waals surface area contributed by atoms with Gasteiger partial charge in [-0.15, -0.1) is 0 Å². The van der Waals surface area contributed by atoms with E-state index in [1.165, 1.54) is 0 Å². The van der Waals surface area contributed by atoms with Crippen LogP contribution < -0.4 is 0 Å². The smallest absolute Gasteiger partial charge is 0.0701 e. The van der Waals surface area contributed by atoms with Crippen molar-refractivity contribution in [3.05, 3.63) is 0 Å². The second-order valence-corrected chi connectivity index (χ2v) is 3.73. The van der Waals surface area contributed by atoms with Crippen LogP contribution in [0.25, 0.3) is 0 Å². The Kier molecular flexibility index (Phi) is 5.40. The predicted molar refractivity (Wildman–Crippen MR) is 52.3 cm³/mol. The van der Waals surface area contributed by atoms with Gasteiger partial charge in [0.05, 0.1) is 46.2 Å². The van der Waals surface area contributed by atoms with Crippen molar-refractivity contribution in [1.82, 2.24) is 0 Å². The SMILES string of the molecule is CCC1(COCCOCCO)COC1. The monoisotopic (exact) mass is 204 g/mol. The maximum atomic E-state index is 8.45. The standard InChI is InChI=1S/C10H20O4/c1-2-10(8-14-9-10)7-13-6-5-12-4-3-11/h11H,2-9H2,1H3. The summed E-state index contributed by atoms with van der Waals surface area (Å²) in [5.41, 5.74) is 0.261. The average molecular weight is 204 g/mol. The van der Waals surface area contributed by atoms with Crippen molar-refractivity contribution in [2.75, 3.05) is 46.2 Å². The van der Waals surface area contributed by atoms with Crippen LogP contribution in [0.3, 0.4) is 0 Å². The van der Waals surface area contributed by atoms with E-state index in [1.54, 1.807) is 0 Å². The van der Waals surface area contributed by atoms with Crippen molar-refractivity contribution in [3.63, 3.8) is 0 Å². The Balaban J connectivity index is 1.92. The Bertz CT molecular complexity index is 140. The third-order valence-electron chi connectivity index (χ3n) is 2.58. The molecule has 1 saturated heterocycles. The zero-order valence-corrected chi connectivity index (χ0v) is 8.83. The van der Waals surface area contributed by atoms with Gasteiger partial charge in [-0.2, -0.15) is 0 Å². The molecule has 0 radical (unpaired) electrons. The molecule has 4 heteroatoms. The molecule has 14 heavy (non-hydrogen) atoms. The van der Waals surface area contributed by atoms with Gasteiger partial charge in [0.15, 0.2) is 0 Å². The maximum Gasteiger partial charge on any atom is 0.0701 e. The highest BCUT2D eigenvalue weighted by atomic mass is 16.5. The van der Waals surface area contributed by atoms with E-state index >= 15 is 0 Å². The van der Waals surface area contributed by atoms with Crippen LogP contribution in [0.5, 0.6) is 0 Å². The lowest BCUT2D eigenvalue weighted by molar-refractivity contribution is -0.153. The molecule has 0 aromatic carbocycles. The lowest BCUT2D eigenvalue weighted by Gasteiger charge is -2.40. The quantitative estimate of drug-likeness (QED) is 0.583. The first-order chi connectivity index (χ1) is 6.83. The van der Waals surface area contributed by atoms with Crippen molar-refractivity contribution < 1.29 is 19.3 Å². The Hall–Kier alpha value is -0.160. The summed E-state index contributed by atoms with van der Waals surface area (Å²) in [5, 5.41) is 8.45. The Morgan fingerprint density at radius 3 is 2.43 bits per heavy atom. The number of ether oxygens (including phenoxy) is 3. The topological polar surface area (TPSA) is 47.9 Å². The molecule has 0 atom stereocenters. The van der Waals surface area contributed by atoms with Gasteiger partial charge < -0.3 is 19.3 Å². The van der Waals surface area contributed by atoms with E-state index < -0.39 is 0 Å². The highest BCUT2D eigenvalue weighted by molar-refractivity contribution is 4.83. The highest BCUT2D eigenvalue weighted by Gasteiger charge is 2.36. The highest BCUT2D eigenvalue weighted by Crippen LogP contribution is 2.31. The molecule has 0 aromatic rings. The summed E-state index contributed by atoms with van der Waals surface area (Å²) >= 11 is 0. The van der Waals surface area contributed by atoms with Crippen molar-refractivity contribution in [2.24, 2.45) is 5.41 Å². The first-order valence-corrected chi connectivity index (χ1v) is 5.17. The largest absolute Gasteiger partial charge is 0.394 e. The van der Waals surface area contributed by atoms with Gasteiger partial charge in [0.2, 0.25) is 0 Å². The van der Waals surface area contributed by atoms with Crippen molar-refractivity contribution >= 4 is 0 Å². The third-order valence-corrected chi connectivity index (χ3v) is 2.58. The summed E-state index contributed by atoms with van der Waals surface area (Å²) < 4.78 is 15.7. The van der Waals surface area contributed by atoms with Gasteiger partial charge >= 0.3 is 0 Å².